The first kappa shape index (κ1) is 10.8. The lowest BCUT2D eigenvalue weighted by molar-refractivity contribution is 0.579. The molecule has 1 unspecified atom stereocenters. The molecular formula is C12H12N4O2. The third-order valence-corrected chi connectivity index (χ3v) is 2.72. The minimum Gasteiger partial charge on any atom is -0.463 e. The number of rotatable bonds is 2. The van der Waals surface area contributed by atoms with Crippen molar-refractivity contribution in [1.29, 1.82) is 0 Å². The zero-order valence-electron chi connectivity index (χ0n) is 9.75. The number of aromatic nitrogens is 3. The fraction of sp³-hybridized carbons (Fsp3) is 0.167. The number of aromatic amines is 1. The van der Waals surface area contributed by atoms with Crippen molar-refractivity contribution in [2.75, 3.05) is 0 Å². The first-order valence-electron chi connectivity index (χ1n) is 5.57. The van der Waals surface area contributed by atoms with Crippen LogP contribution in [0, 0.1) is 0 Å². The van der Waals surface area contributed by atoms with E-state index in [2.05, 4.69) is 10.1 Å². The number of nitrogens with two attached hydrogens (primary N) is 1. The molecule has 0 aromatic carbocycles. The van der Waals surface area contributed by atoms with E-state index in [0.717, 1.165) is 0 Å². The molecule has 0 saturated heterocycles. The third-order valence-electron chi connectivity index (χ3n) is 2.72. The van der Waals surface area contributed by atoms with Crippen LogP contribution in [0.15, 0.2) is 39.7 Å². The monoisotopic (exact) mass is 244 g/mol. The predicted octanol–water partition coefficient (Wildman–Crippen LogP) is 1.30. The van der Waals surface area contributed by atoms with Gasteiger partial charge in [0.1, 0.15) is 5.69 Å². The van der Waals surface area contributed by atoms with E-state index in [9.17, 15) is 4.79 Å². The minimum absolute atomic E-state index is 0.190. The standard InChI is InChI=1S/C12H12N4O2/c1-7(13)8-6-12(17)16-11(14-8)5-9(15-16)10-3-2-4-18-10/h2-7,15H,13H2,1H3. The Hall–Kier alpha value is -2.34. The van der Waals surface area contributed by atoms with E-state index in [1.165, 1.54) is 10.6 Å². The van der Waals surface area contributed by atoms with Crippen LogP contribution in [-0.2, 0) is 0 Å². The SMILES string of the molecule is CC(N)c1cc(=O)n2[nH]c(-c3ccco3)cc2n1. The van der Waals surface area contributed by atoms with Crippen LogP contribution >= 0.6 is 0 Å². The van der Waals surface area contributed by atoms with Gasteiger partial charge in [-0.1, -0.05) is 0 Å². The van der Waals surface area contributed by atoms with Crippen molar-refractivity contribution in [3.63, 3.8) is 0 Å². The number of furan rings is 1. The molecule has 6 heteroatoms. The lowest BCUT2D eigenvalue weighted by Crippen LogP contribution is -2.18. The predicted molar refractivity (Wildman–Crippen MR) is 66.1 cm³/mol. The van der Waals surface area contributed by atoms with Gasteiger partial charge < -0.3 is 10.2 Å². The van der Waals surface area contributed by atoms with Crippen LogP contribution in [0.25, 0.3) is 17.1 Å². The number of nitrogens with zero attached hydrogens (tertiary/aromatic N) is 2. The van der Waals surface area contributed by atoms with Crippen LogP contribution in [0.2, 0.25) is 0 Å². The Balaban J connectivity index is 2.23. The summed E-state index contributed by atoms with van der Waals surface area (Å²) in [6.07, 6.45) is 1.57. The minimum atomic E-state index is -0.273. The Morgan fingerprint density at radius 2 is 2.33 bits per heavy atom. The molecule has 0 saturated carbocycles. The molecule has 0 bridgehead atoms. The van der Waals surface area contributed by atoms with Gasteiger partial charge in [-0.15, -0.1) is 0 Å². The Labute approximate surface area is 102 Å². The van der Waals surface area contributed by atoms with Crippen molar-refractivity contribution < 1.29 is 4.42 Å². The maximum Gasteiger partial charge on any atom is 0.272 e. The molecule has 3 heterocycles. The van der Waals surface area contributed by atoms with Gasteiger partial charge >= 0.3 is 0 Å². The van der Waals surface area contributed by atoms with Crippen LogP contribution < -0.4 is 11.3 Å². The van der Waals surface area contributed by atoms with Gasteiger partial charge in [0.25, 0.3) is 5.56 Å². The molecule has 0 aliphatic carbocycles. The maximum absolute atomic E-state index is 11.9. The fourth-order valence-corrected chi connectivity index (χ4v) is 1.80. The van der Waals surface area contributed by atoms with Crippen molar-refractivity contribution in [2.45, 2.75) is 13.0 Å². The van der Waals surface area contributed by atoms with Crippen LogP contribution in [0.3, 0.4) is 0 Å². The van der Waals surface area contributed by atoms with Gasteiger partial charge in [0.15, 0.2) is 11.4 Å². The van der Waals surface area contributed by atoms with Crippen molar-refractivity contribution in [1.82, 2.24) is 14.6 Å². The number of fused-ring (bicyclic) bond motifs is 1. The summed E-state index contributed by atoms with van der Waals surface area (Å²) in [4.78, 5) is 16.2. The largest absolute Gasteiger partial charge is 0.463 e. The molecule has 0 radical (unpaired) electrons. The molecule has 3 N–H and O–H groups in total. The summed E-state index contributed by atoms with van der Waals surface area (Å²) in [5.41, 5.74) is 7.35. The average molecular weight is 244 g/mol. The highest BCUT2D eigenvalue weighted by Crippen LogP contribution is 2.18. The molecule has 6 nitrogen and oxygen atoms in total. The zero-order chi connectivity index (χ0) is 12.7. The molecular weight excluding hydrogens is 232 g/mol. The molecule has 0 fully saturated rings. The number of nitrogens with one attached hydrogen (secondary N) is 1. The van der Waals surface area contributed by atoms with Gasteiger partial charge in [0.05, 0.1) is 12.0 Å². The normalized spacial score (nSPS) is 13.0. The van der Waals surface area contributed by atoms with E-state index in [1.54, 1.807) is 25.3 Å². The van der Waals surface area contributed by atoms with Crippen molar-refractivity contribution in [2.24, 2.45) is 5.73 Å². The molecule has 0 amide bonds. The Kier molecular flexibility index (Phi) is 2.31. The zero-order valence-corrected chi connectivity index (χ0v) is 9.75. The van der Waals surface area contributed by atoms with Crippen molar-refractivity contribution >= 4 is 5.65 Å². The van der Waals surface area contributed by atoms with Crippen molar-refractivity contribution in [3.05, 3.63) is 46.6 Å². The molecule has 3 rings (SSSR count). The van der Waals surface area contributed by atoms with E-state index >= 15 is 0 Å². The van der Waals surface area contributed by atoms with Crippen LogP contribution in [-0.4, -0.2) is 14.6 Å². The van der Waals surface area contributed by atoms with Gasteiger partial charge in [0, 0.05) is 18.2 Å². The lowest BCUT2D eigenvalue weighted by Gasteiger charge is -2.03. The highest BCUT2D eigenvalue weighted by Gasteiger charge is 2.10. The molecule has 0 aliphatic rings. The molecule has 0 spiro atoms. The quantitative estimate of drug-likeness (QED) is 0.711. The summed E-state index contributed by atoms with van der Waals surface area (Å²) in [6.45, 7) is 1.79. The molecule has 92 valence electrons. The second-order valence-electron chi connectivity index (χ2n) is 4.15. The number of H-pyrrole nitrogens is 1. The summed E-state index contributed by atoms with van der Waals surface area (Å²) in [7, 11) is 0. The number of hydrogen-bond donors (Lipinski definition) is 2. The van der Waals surface area contributed by atoms with Gasteiger partial charge in [-0.2, -0.15) is 0 Å². The second kappa shape index (κ2) is 3.85. The Morgan fingerprint density at radius 1 is 1.50 bits per heavy atom. The van der Waals surface area contributed by atoms with Crippen molar-refractivity contribution in [3.8, 4) is 11.5 Å². The molecule has 3 aromatic rings. The maximum atomic E-state index is 11.9. The lowest BCUT2D eigenvalue weighted by atomic mass is 10.2. The molecule has 18 heavy (non-hydrogen) atoms. The van der Waals surface area contributed by atoms with E-state index in [1.807, 2.05) is 6.07 Å². The van der Waals surface area contributed by atoms with Gasteiger partial charge in [-0.05, 0) is 19.1 Å². The number of hydrogen-bond acceptors (Lipinski definition) is 4. The fourth-order valence-electron chi connectivity index (χ4n) is 1.80. The first-order chi connectivity index (χ1) is 8.65. The summed E-state index contributed by atoms with van der Waals surface area (Å²) >= 11 is 0. The van der Waals surface area contributed by atoms with Crippen LogP contribution in [0.5, 0.6) is 0 Å². The van der Waals surface area contributed by atoms with Crippen LogP contribution in [0.1, 0.15) is 18.7 Å². The van der Waals surface area contributed by atoms with E-state index in [0.29, 0.717) is 22.8 Å². The summed E-state index contributed by atoms with van der Waals surface area (Å²) < 4.78 is 6.63. The van der Waals surface area contributed by atoms with Gasteiger partial charge in [-0.25, -0.2) is 9.50 Å². The summed E-state index contributed by atoms with van der Waals surface area (Å²) in [5.74, 6) is 0.655. The van der Waals surface area contributed by atoms with Gasteiger partial charge in [-0.3, -0.25) is 9.89 Å². The second-order valence-corrected chi connectivity index (χ2v) is 4.15. The third kappa shape index (κ3) is 1.63. The smallest absolute Gasteiger partial charge is 0.272 e. The van der Waals surface area contributed by atoms with Gasteiger partial charge in [0.2, 0.25) is 0 Å². The van der Waals surface area contributed by atoms with E-state index in [4.69, 9.17) is 10.2 Å². The molecule has 0 aliphatic heterocycles. The highest BCUT2D eigenvalue weighted by molar-refractivity contribution is 5.58. The van der Waals surface area contributed by atoms with E-state index in [-0.39, 0.29) is 11.6 Å². The molecule has 1 atom stereocenters. The Bertz CT molecular complexity index is 737. The highest BCUT2D eigenvalue weighted by atomic mass is 16.3. The average Bonchev–Trinajstić information content (AvgIpc) is 2.96. The van der Waals surface area contributed by atoms with E-state index < -0.39 is 0 Å². The van der Waals surface area contributed by atoms with Crippen LogP contribution in [0.4, 0.5) is 0 Å². The molecule has 3 aromatic heterocycles. The Morgan fingerprint density at radius 3 is 3.00 bits per heavy atom. The summed E-state index contributed by atoms with van der Waals surface area (Å²) in [6, 6.07) is 6.50. The topological polar surface area (TPSA) is 89.3 Å². The summed E-state index contributed by atoms with van der Waals surface area (Å²) in [5, 5.41) is 2.94. The first-order valence-corrected chi connectivity index (χ1v) is 5.57.